The molecule has 2 aliphatic rings. The van der Waals surface area contributed by atoms with Gasteiger partial charge in [0.05, 0.1) is 24.3 Å². The van der Waals surface area contributed by atoms with Crippen LogP contribution in [0.4, 0.5) is 5.69 Å². The summed E-state index contributed by atoms with van der Waals surface area (Å²) in [6, 6.07) is 14.0. The number of hydrogen-bond donors (Lipinski definition) is 0. The standard InChI is InChI=1S/C29H33N3O4/c1-20-14-25-27(15-21(20)2)36-19-29(34)32(25)17-28(33)30(3)26(16-31-11-4-5-12-31)23-8-6-22(7-9-23)24-10-13-35-18-24/h6-10,13-15,18,26H,4-5,11-12,16-17,19H2,1-3H3. The van der Waals surface area contributed by atoms with Crippen molar-refractivity contribution in [1.82, 2.24) is 9.80 Å². The number of hydrogen-bond acceptors (Lipinski definition) is 5. The van der Waals surface area contributed by atoms with E-state index in [0.717, 1.165) is 47.5 Å². The highest BCUT2D eigenvalue weighted by molar-refractivity contribution is 6.02. The molecule has 0 aliphatic carbocycles. The van der Waals surface area contributed by atoms with Crippen LogP contribution in [-0.2, 0) is 9.59 Å². The van der Waals surface area contributed by atoms with Crippen molar-refractivity contribution in [1.29, 1.82) is 0 Å². The Bertz CT molecular complexity index is 1230. The van der Waals surface area contributed by atoms with Crippen LogP contribution in [0.15, 0.2) is 59.4 Å². The molecule has 1 atom stereocenters. The van der Waals surface area contributed by atoms with Gasteiger partial charge in [-0.2, -0.15) is 0 Å². The fourth-order valence-corrected chi connectivity index (χ4v) is 5.03. The molecule has 7 heteroatoms. The SMILES string of the molecule is Cc1cc2c(cc1C)N(CC(=O)N(C)C(CN1CCCC1)c1ccc(-c3ccoc3)cc1)C(=O)CO2. The summed E-state index contributed by atoms with van der Waals surface area (Å²) < 4.78 is 10.9. The Kier molecular flexibility index (Phi) is 6.83. The topological polar surface area (TPSA) is 66.2 Å². The highest BCUT2D eigenvalue weighted by Crippen LogP contribution is 2.35. The molecule has 1 aromatic heterocycles. The Morgan fingerprint density at radius 3 is 2.44 bits per heavy atom. The second kappa shape index (κ2) is 10.2. The average Bonchev–Trinajstić information content (AvgIpc) is 3.60. The van der Waals surface area contributed by atoms with E-state index in [9.17, 15) is 9.59 Å². The molecule has 5 rings (SSSR count). The molecule has 188 valence electrons. The number of amides is 2. The highest BCUT2D eigenvalue weighted by Gasteiger charge is 2.31. The summed E-state index contributed by atoms with van der Waals surface area (Å²) in [7, 11) is 1.85. The summed E-state index contributed by atoms with van der Waals surface area (Å²) in [5.41, 5.74) is 5.99. The van der Waals surface area contributed by atoms with Crippen molar-refractivity contribution in [2.24, 2.45) is 0 Å². The van der Waals surface area contributed by atoms with Gasteiger partial charge < -0.3 is 19.0 Å². The fraction of sp³-hybridized carbons (Fsp3) is 0.379. The molecule has 1 unspecified atom stereocenters. The van der Waals surface area contributed by atoms with Crippen LogP contribution in [0.5, 0.6) is 5.75 Å². The first-order valence-corrected chi connectivity index (χ1v) is 12.6. The van der Waals surface area contributed by atoms with Gasteiger partial charge in [-0.1, -0.05) is 24.3 Å². The molecule has 36 heavy (non-hydrogen) atoms. The number of ether oxygens (including phenoxy) is 1. The number of rotatable bonds is 7. The number of likely N-dealkylation sites (N-methyl/N-ethyl adjacent to an activating group) is 1. The molecular weight excluding hydrogens is 454 g/mol. The van der Waals surface area contributed by atoms with Crippen LogP contribution in [-0.4, -0.2) is 61.4 Å². The van der Waals surface area contributed by atoms with Gasteiger partial charge in [-0.25, -0.2) is 0 Å². The second-order valence-corrected chi connectivity index (χ2v) is 9.83. The second-order valence-electron chi connectivity index (χ2n) is 9.83. The Morgan fingerprint density at radius 1 is 1.03 bits per heavy atom. The molecule has 0 saturated carbocycles. The number of aryl methyl sites for hydroxylation is 2. The molecule has 1 fully saturated rings. The number of carbonyl (C=O) groups excluding carboxylic acids is 2. The maximum Gasteiger partial charge on any atom is 0.265 e. The molecular formula is C29H33N3O4. The van der Waals surface area contributed by atoms with E-state index in [2.05, 4.69) is 29.2 Å². The van der Waals surface area contributed by atoms with Crippen molar-refractivity contribution in [3.63, 3.8) is 0 Å². The van der Waals surface area contributed by atoms with Gasteiger partial charge in [0.15, 0.2) is 6.61 Å². The van der Waals surface area contributed by atoms with Gasteiger partial charge in [-0.3, -0.25) is 14.5 Å². The Morgan fingerprint density at radius 2 is 1.75 bits per heavy atom. The third-order valence-electron chi connectivity index (χ3n) is 7.45. The summed E-state index contributed by atoms with van der Waals surface area (Å²) in [5, 5.41) is 0. The monoisotopic (exact) mass is 487 g/mol. The van der Waals surface area contributed by atoms with E-state index >= 15 is 0 Å². The molecule has 1 saturated heterocycles. The van der Waals surface area contributed by atoms with Crippen molar-refractivity contribution in [2.45, 2.75) is 32.7 Å². The number of likely N-dealkylation sites (tertiary alicyclic amines) is 1. The molecule has 0 N–H and O–H groups in total. The molecule has 0 bridgehead atoms. The van der Waals surface area contributed by atoms with E-state index in [1.807, 2.05) is 39.1 Å². The first kappa shape index (κ1) is 24.1. The minimum atomic E-state index is -0.201. The number of anilines is 1. The number of fused-ring (bicyclic) bond motifs is 1. The molecule has 3 heterocycles. The van der Waals surface area contributed by atoms with Gasteiger partial charge >= 0.3 is 0 Å². The zero-order valence-corrected chi connectivity index (χ0v) is 21.2. The minimum absolute atomic E-state index is 0.0161. The first-order chi connectivity index (χ1) is 17.4. The summed E-state index contributed by atoms with van der Waals surface area (Å²) in [6.45, 7) is 6.79. The van der Waals surface area contributed by atoms with Crippen LogP contribution in [0, 0.1) is 13.8 Å². The van der Waals surface area contributed by atoms with Crippen molar-refractivity contribution in [2.75, 3.05) is 44.7 Å². The Labute approximate surface area is 212 Å². The van der Waals surface area contributed by atoms with Crippen molar-refractivity contribution in [3.05, 3.63) is 71.7 Å². The number of benzene rings is 2. The quantitative estimate of drug-likeness (QED) is 0.488. The van der Waals surface area contributed by atoms with E-state index in [0.29, 0.717) is 11.4 Å². The van der Waals surface area contributed by atoms with Gasteiger partial charge in [0.25, 0.3) is 5.91 Å². The third kappa shape index (κ3) is 4.88. The van der Waals surface area contributed by atoms with E-state index in [-0.39, 0.29) is 31.0 Å². The van der Waals surface area contributed by atoms with Crippen molar-refractivity contribution >= 4 is 17.5 Å². The molecule has 2 aliphatic heterocycles. The van der Waals surface area contributed by atoms with Crippen molar-refractivity contribution < 1.29 is 18.7 Å². The van der Waals surface area contributed by atoms with E-state index in [4.69, 9.17) is 9.15 Å². The lowest BCUT2D eigenvalue weighted by Crippen LogP contribution is -2.47. The highest BCUT2D eigenvalue weighted by atomic mass is 16.5. The summed E-state index contributed by atoms with van der Waals surface area (Å²) >= 11 is 0. The average molecular weight is 488 g/mol. The van der Waals surface area contributed by atoms with E-state index in [1.165, 1.54) is 12.8 Å². The summed E-state index contributed by atoms with van der Waals surface area (Å²) in [6.07, 6.45) is 5.76. The largest absolute Gasteiger partial charge is 0.482 e. The molecule has 0 radical (unpaired) electrons. The Balaban J connectivity index is 1.39. The van der Waals surface area contributed by atoms with Crippen LogP contribution in [0.2, 0.25) is 0 Å². The minimum Gasteiger partial charge on any atom is -0.482 e. The number of nitrogens with zero attached hydrogens (tertiary/aromatic N) is 3. The lowest BCUT2D eigenvalue weighted by atomic mass is 10.0. The Hall–Kier alpha value is -3.58. The predicted octanol–water partition coefficient (Wildman–Crippen LogP) is 4.58. The molecule has 7 nitrogen and oxygen atoms in total. The zero-order valence-electron chi connectivity index (χ0n) is 21.2. The molecule has 0 spiro atoms. The van der Waals surface area contributed by atoms with E-state index < -0.39 is 0 Å². The third-order valence-corrected chi connectivity index (χ3v) is 7.45. The van der Waals surface area contributed by atoms with Gasteiger partial charge in [0.2, 0.25) is 5.91 Å². The smallest absolute Gasteiger partial charge is 0.265 e. The van der Waals surface area contributed by atoms with Crippen LogP contribution in [0.1, 0.15) is 35.6 Å². The summed E-state index contributed by atoms with van der Waals surface area (Å²) in [4.78, 5) is 32.2. The van der Waals surface area contributed by atoms with Crippen LogP contribution in [0.3, 0.4) is 0 Å². The lowest BCUT2D eigenvalue weighted by molar-refractivity contribution is -0.133. The fourth-order valence-electron chi connectivity index (χ4n) is 5.03. The zero-order chi connectivity index (χ0) is 25.2. The predicted molar refractivity (Wildman–Crippen MR) is 139 cm³/mol. The first-order valence-electron chi connectivity index (χ1n) is 12.6. The van der Waals surface area contributed by atoms with Crippen LogP contribution < -0.4 is 9.64 Å². The maximum atomic E-state index is 13.6. The molecule has 2 amide bonds. The van der Waals surface area contributed by atoms with Crippen LogP contribution in [0.25, 0.3) is 11.1 Å². The van der Waals surface area contributed by atoms with Crippen molar-refractivity contribution in [3.8, 4) is 16.9 Å². The molecule has 2 aromatic carbocycles. The maximum absolute atomic E-state index is 13.6. The van der Waals surface area contributed by atoms with Gasteiger partial charge in [-0.15, -0.1) is 0 Å². The number of furan rings is 1. The van der Waals surface area contributed by atoms with Gasteiger partial charge in [0, 0.05) is 19.2 Å². The lowest BCUT2D eigenvalue weighted by Gasteiger charge is -2.35. The van der Waals surface area contributed by atoms with Gasteiger partial charge in [0.1, 0.15) is 12.3 Å². The van der Waals surface area contributed by atoms with Crippen LogP contribution >= 0.6 is 0 Å². The van der Waals surface area contributed by atoms with E-state index in [1.54, 1.807) is 22.3 Å². The van der Waals surface area contributed by atoms with Gasteiger partial charge in [-0.05, 0) is 80.2 Å². The molecule has 3 aromatic rings. The normalized spacial score (nSPS) is 16.5. The summed E-state index contributed by atoms with van der Waals surface area (Å²) in [5.74, 6) is 0.349. The number of carbonyl (C=O) groups is 2.